The Bertz CT molecular complexity index is 3010. The molecule has 0 saturated carbocycles. The zero-order valence-corrected chi connectivity index (χ0v) is 35.4. The molecular formula is C45H41N9O4S2. The highest BCUT2D eigenvalue weighted by molar-refractivity contribution is 7.92. The standard InChI is InChI=1S/C45H41N9O4S2/c1-25-7-20-36(42-39(25)34(22-46)24-47-42)52-60(57,58)35-18-8-29(9-19-35)23-48-44(56)33-16-12-31(13-17-33)30-10-14-32(15-11-30)41-40-26(2)27(3)59-45(40)54-28(4)50-51-43(54)37(49-41)21-38(55)53(5)6/h7-20,24,37,47,52H,21,23H2,1-6H3,(H,48,56)/t37-/m0/s1. The van der Waals surface area contributed by atoms with Gasteiger partial charge in [0.1, 0.15) is 22.9 Å². The van der Waals surface area contributed by atoms with Crippen molar-refractivity contribution in [3.8, 4) is 22.2 Å². The first-order valence-corrected chi connectivity index (χ1v) is 21.5. The van der Waals surface area contributed by atoms with Crippen LogP contribution in [0.3, 0.4) is 0 Å². The lowest BCUT2D eigenvalue weighted by Crippen LogP contribution is -2.24. The average molecular weight is 836 g/mol. The van der Waals surface area contributed by atoms with Crippen LogP contribution >= 0.6 is 11.3 Å². The molecule has 3 aromatic heterocycles. The summed E-state index contributed by atoms with van der Waals surface area (Å²) in [6.45, 7) is 8.17. The maximum atomic E-state index is 13.3. The van der Waals surface area contributed by atoms with E-state index in [1.165, 1.54) is 17.0 Å². The minimum absolute atomic E-state index is 0.0489. The molecule has 0 radical (unpaired) electrons. The van der Waals surface area contributed by atoms with Gasteiger partial charge in [-0.3, -0.25) is 23.9 Å². The summed E-state index contributed by atoms with van der Waals surface area (Å²) in [5, 5.41) is 22.9. The average Bonchev–Trinajstić information content (AvgIpc) is 3.92. The number of nitrogens with one attached hydrogen (secondary N) is 3. The molecule has 13 nitrogen and oxygen atoms in total. The van der Waals surface area contributed by atoms with Gasteiger partial charge in [-0.25, -0.2) is 8.42 Å². The number of carbonyl (C=O) groups is 2. The Morgan fingerprint density at radius 1 is 0.900 bits per heavy atom. The van der Waals surface area contributed by atoms with Gasteiger partial charge in [0.2, 0.25) is 5.91 Å². The molecule has 0 aliphatic carbocycles. The van der Waals surface area contributed by atoms with Gasteiger partial charge in [-0.15, -0.1) is 21.5 Å². The molecule has 3 N–H and O–H groups in total. The number of aliphatic imine (C=N–C) groups is 1. The molecule has 8 rings (SSSR count). The molecule has 4 heterocycles. The fraction of sp³-hybridized carbons (Fsp3) is 0.200. The van der Waals surface area contributed by atoms with Crippen molar-refractivity contribution in [1.82, 2.24) is 30.0 Å². The lowest BCUT2D eigenvalue weighted by molar-refractivity contribution is -0.129. The van der Waals surface area contributed by atoms with Gasteiger partial charge in [-0.05, 0) is 85.8 Å². The smallest absolute Gasteiger partial charge is 0.261 e. The van der Waals surface area contributed by atoms with Gasteiger partial charge in [-0.2, -0.15) is 5.26 Å². The van der Waals surface area contributed by atoms with Crippen molar-refractivity contribution >= 4 is 55.5 Å². The number of amides is 2. The summed E-state index contributed by atoms with van der Waals surface area (Å²) in [6.07, 6.45) is 1.72. The van der Waals surface area contributed by atoms with E-state index in [2.05, 4.69) is 45.1 Å². The Labute approximate surface area is 351 Å². The highest BCUT2D eigenvalue weighted by Gasteiger charge is 2.33. The maximum absolute atomic E-state index is 13.3. The normalized spacial score (nSPS) is 13.5. The molecule has 7 aromatic rings. The largest absolute Gasteiger partial charge is 0.358 e. The molecule has 0 saturated heterocycles. The van der Waals surface area contributed by atoms with Gasteiger partial charge in [-0.1, -0.05) is 54.6 Å². The molecule has 1 aliphatic heterocycles. The summed E-state index contributed by atoms with van der Waals surface area (Å²) in [5.41, 5.74) is 9.13. The molecule has 0 fully saturated rings. The predicted molar refractivity (Wildman–Crippen MR) is 233 cm³/mol. The van der Waals surface area contributed by atoms with Crippen LogP contribution in [0.5, 0.6) is 0 Å². The Hall–Kier alpha value is -6.89. The number of nitrogens with zero attached hydrogens (tertiary/aromatic N) is 6. The topological polar surface area (TPSA) is 178 Å². The number of aryl methyl sites for hydroxylation is 3. The van der Waals surface area contributed by atoms with Crippen molar-refractivity contribution in [2.45, 2.75) is 51.6 Å². The van der Waals surface area contributed by atoms with Crippen LogP contribution in [0.1, 0.15) is 72.7 Å². The molecule has 302 valence electrons. The number of carbonyl (C=O) groups excluding carboxylic acids is 2. The van der Waals surface area contributed by atoms with Crippen LogP contribution in [0.4, 0.5) is 5.69 Å². The minimum Gasteiger partial charge on any atom is -0.358 e. The first-order valence-electron chi connectivity index (χ1n) is 19.2. The molecule has 1 aliphatic rings. The molecule has 0 spiro atoms. The third-order valence-corrected chi connectivity index (χ3v) is 13.4. The monoisotopic (exact) mass is 835 g/mol. The third kappa shape index (κ3) is 7.35. The second-order valence-corrected chi connectivity index (χ2v) is 17.9. The van der Waals surface area contributed by atoms with E-state index < -0.39 is 16.1 Å². The van der Waals surface area contributed by atoms with Crippen LogP contribution in [-0.4, -0.2) is 64.7 Å². The van der Waals surface area contributed by atoms with Crippen molar-refractivity contribution in [3.05, 3.63) is 147 Å². The summed E-state index contributed by atoms with van der Waals surface area (Å²) in [4.78, 5) is 37.2. The van der Waals surface area contributed by atoms with Crippen LogP contribution < -0.4 is 10.0 Å². The van der Waals surface area contributed by atoms with Gasteiger partial charge >= 0.3 is 0 Å². The SMILES string of the molecule is Cc1sc2c(c1C)C(c1ccc(-c3ccc(C(=O)NCc4ccc(S(=O)(=O)Nc5ccc(C)c6c(C#N)c[nH]c56)cc4)cc3)cc1)=N[C@@H](CC(=O)N(C)C)c1nnc(C)n1-2. The van der Waals surface area contributed by atoms with Crippen molar-refractivity contribution in [2.24, 2.45) is 4.99 Å². The summed E-state index contributed by atoms with van der Waals surface area (Å²) < 4.78 is 31.2. The predicted octanol–water partition coefficient (Wildman–Crippen LogP) is 7.68. The van der Waals surface area contributed by atoms with Crippen molar-refractivity contribution in [2.75, 3.05) is 18.8 Å². The fourth-order valence-electron chi connectivity index (χ4n) is 7.38. The highest BCUT2D eigenvalue weighted by atomic mass is 32.2. The van der Waals surface area contributed by atoms with Gasteiger partial charge in [0, 0.05) is 53.8 Å². The summed E-state index contributed by atoms with van der Waals surface area (Å²) in [6, 6.07) is 26.8. The number of anilines is 1. The number of sulfonamides is 1. The van der Waals surface area contributed by atoms with E-state index in [9.17, 15) is 23.3 Å². The molecule has 0 unspecified atom stereocenters. The number of aromatic nitrogens is 4. The van der Waals surface area contributed by atoms with E-state index in [0.717, 1.165) is 55.5 Å². The van der Waals surface area contributed by atoms with Crippen LogP contribution in [0.15, 0.2) is 101 Å². The third-order valence-electron chi connectivity index (χ3n) is 10.8. The second-order valence-electron chi connectivity index (χ2n) is 15.0. The van der Waals surface area contributed by atoms with Gasteiger partial charge in [0.05, 0.1) is 33.8 Å². The van der Waals surface area contributed by atoms with E-state index in [1.54, 1.807) is 72.9 Å². The summed E-state index contributed by atoms with van der Waals surface area (Å²) >= 11 is 1.67. The Morgan fingerprint density at radius 3 is 2.23 bits per heavy atom. The summed E-state index contributed by atoms with van der Waals surface area (Å²) in [7, 11) is -0.463. The van der Waals surface area contributed by atoms with Gasteiger partial charge in [0.15, 0.2) is 5.82 Å². The zero-order chi connectivity index (χ0) is 42.5. The van der Waals surface area contributed by atoms with Crippen molar-refractivity contribution in [1.29, 1.82) is 5.26 Å². The highest BCUT2D eigenvalue weighted by Crippen LogP contribution is 2.40. The van der Waals surface area contributed by atoms with Gasteiger partial charge in [0.25, 0.3) is 15.9 Å². The Morgan fingerprint density at radius 2 is 1.57 bits per heavy atom. The molecule has 60 heavy (non-hydrogen) atoms. The number of hydrogen-bond acceptors (Lipinski definition) is 9. The molecule has 1 atom stereocenters. The summed E-state index contributed by atoms with van der Waals surface area (Å²) in [5.74, 6) is 1.07. The lowest BCUT2D eigenvalue weighted by atomic mass is 9.96. The van der Waals surface area contributed by atoms with Crippen LogP contribution in [-0.2, 0) is 21.4 Å². The lowest BCUT2D eigenvalue weighted by Gasteiger charge is -2.15. The number of aromatic amines is 1. The van der Waals surface area contributed by atoms with Gasteiger partial charge < -0.3 is 15.2 Å². The molecule has 4 aromatic carbocycles. The molecule has 15 heteroatoms. The van der Waals surface area contributed by atoms with Crippen LogP contribution in [0.25, 0.3) is 27.0 Å². The molecular weight excluding hydrogens is 795 g/mol. The Kier molecular flexibility index (Phi) is 10.4. The quantitative estimate of drug-likeness (QED) is 0.126. The maximum Gasteiger partial charge on any atom is 0.261 e. The second kappa shape index (κ2) is 15.7. The van der Waals surface area contributed by atoms with E-state index in [-0.39, 0.29) is 29.7 Å². The molecule has 0 bridgehead atoms. The Balaban J connectivity index is 0.949. The van der Waals surface area contributed by atoms with E-state index in [0.29, 0.717) is 33.5 Å². The number of thiophene rings is 1. The van der Waals surface area contributed by atoms with Crippen molar-refractivity contribution in [3.63, 3.8) is 0 Å². The number of hydrogen-bond donors (Lipinski definition) is 3. The minimum atomic E-state index is -3.94. The number of benzene rings is 4. The van der Waals surface area contributed by atoms with Crippen LogP contribution in [0, 0.1) is 39.0 Å². The van der Waals surface area contributed by atoms with E-state index in [4.69, 9.17) is 4.99 Å². The van der Waals surface area contributed by atoms with E-state index in [1.807, 2.05) is 54.8 Å². The first-order chi connectivity index (χ1) is 28.7. The fourth-order valence-corrected chi connectivity index (χ4v) is 9.66. The molecule has 2 amide bonds. The van der Waals surface area contributed by atoms with Crippen molar-refractivity contribution < 1.29 is 18.0 Å². The number of rotatable bonds is 10. The number of H-pyrrole nitrogens is 1. The number of nitriles is 1. The van der Waals surface area contributed by atoms with Crippen LogP contribution in [0.2, 0.25) is 0 Å². The number of fused-ring (bicyclic) bond motifs is 4. The zero-order valence-electron chi connectivity index (χ0n) is 33.8. The first kappa shape index (κ1) is 39.9. The van der Waals surface area contributed by atoms with E-state index >= 15 is 0 Å².